The molecule has 0 bridgehead atoms. The van der Waals surface area contributed by atoms with Crippen molar-refractivity contribution in [2.45, 2.75) is 40.2 Å². The number of nitrogens with one attached hydrogen (secondary N) is 2. The smallest absolute Gasteiger partial charge is 0.191 e. The summed E-state index contributed by atoms with van der Waals surface area (Å²) in [6.07, 6.45) is 4.54. The summed E-state index contributed by atoms with van der Waals surface area (Å²) in [5.74, 6) is 0.559. The van der Waals surface area contributed by atoms with Crippen LogP contribution in [0.25, 0.3) is 0 Å². The third-order valence-electron chi connectivity index (χ3n) is 4.18. The molecule has 1 heterocycles. The molecular formula is C20H27FN4. The van der Waals surface area contributed by atoms with Crippen LogP contribution < -0.4 is 10.6 Å². The third kappa shape index (κ3) is 5.55. The highest BCUT2D eigenvalue weighted by atomic mass is 19.1. The summed E-state index contributed by atoms with van der Waals surface area (Å²) in [5, 5.41) is 6.58. The maximum absolute atomic E-state index is 13.8. The fourth-order valence-electron chi connectivity index (χ4n) is 2.56. The van der Waals surface area contributed by atoms with Crippen LogP contribution in [0.2, 0.25) is 0 Å². The standard InChI is InChI=1S/C20H27FN4/c1-5-23-20(24-11-9-17-8-10-22-13-15(17)3)25-16(4)18-7-6-14(2)19(21)12-18/h6-8,10,12-13,16H,5,9,11H2,1-4H3,(H2,23,24,25). The highest BCUT2D eigenvalue weighted by molar-refractivity contribution is 5.80. The predicted octanol–water partition coefficient (Wildman–Crippen LogP) is 3.70. The number of pyridine rings is 1. The van der Waals surface area contributed by atoms with E-state index in [4.69, 9.17) is 0 Å². The number of guanidine groups is 1. The summed E-state index contributed by atoms with van der Waals surface area (Å²) in [7, 11) is 0. The first-order chi connectivity index (χ1) is 12.0. The summed E-state index contributed by atoms with van der Waals surface area (Å²) in [5.41, 5.74) is 3.99. The Labute approximate surface area is 149 Å². The zero-order valence-electron chi connectivity index (χ0n) is 15.4. The normalized spacial score (nSPS) is 12.8. The van der Waals surface area contributed by atoms with E-state index in [0.29, 0.717) is 12.1 Å². The van der Waals surface area contributed by atoms with Gasteiger partial charge < -0.3 is 10.6 Å². The number of aliphatic imine (C=N–C) groups is 1. The lowest BCUT2D eigenvalue weighted by Crippen LogP contribution is -2.39. The maximum atomic E-state index is 13.8. The molecular weight excluding hydrogens is 315 g/mol. The molecule has 0 saturated heterocycles. The van der Waals surface area contributed by atoms with Gasteiger partial charge in [-0.2, -0.15) is 0 Å². The van der Waals surface area contributed by atoms with Crippen LogP contribution in [-0.4, -0.2) is 24.0 Å². The molecule has 0 fully saturated rings. The van der Waals surface area contributed by atoms with Crippen molar-refractivity contribution < 1.29 is 4.39 Å². The van der Waals surface area contributed by atoms with Crippen molar-refractivity contribution in [3.05, 3.63) is 64.7 Å². The van der Waals surface area contributed by atoms with E-state index in [2.05, 4.69) is 27.5 Å². The second-order valence-corrected chi connectivity index (χ2v) is 6.19. The second kappa shape index (κ2) is 9.16. The topological polar surface area (TPSA) is 49.3 Å². The largest absolute Gasteiger partial charge is 0.357 e. The lowest BCUT2D eigenvalue weighted by molar-refractivity contribution is 0.607. The highest BCUT2D eigenvalue weighted by Crippen LogP contribution is 2.16. The zero-order valence-corrected chi connectivity index (χ0v) is 15.4. The van der Waals surface area contributed by atoms with Crippen molar-refractivity contribution in [3.8, 4) is 0 Å². The van der Waals surface area contributed by atoms with Gasteiger partial charge in [-0.05, 0) is 68.5 Å². The molecule has 0 spiro atoms. The Bertz CT molecular complexity index is 727. The molecule has 0 aliphatic rings. The molecule has 1 aromatic heterocycles. The van der Waals surface area contributed by atoms with E-state index in [1.807, 2.05) is 38.4 Å². The first kappa shape index (κ1) is 18.9. The summed E-state index contributed by atoms with van der Waals surface area (Å²) in [4.78, 5) is 8.75. The van der Waals surface area contributed by atoms with E-state index in [1.54, 1.807) is 19.1 Å². The van der Waals surface area contributed by atoms with E-state index in [-0.39, 0.29) is 11.9 Å². The van der Waals surface area contributed by atoms with Crippen LogP contribution in [-0.2, 0) is 6.42 Å². The van der Waals surface area contributed by atoms with Gasteiger partial charge in [-0.3, -0.25) is 9.98 Å². The van der Waals surface area contributed by atoms with Crippen LogP contribution in [0.1, 0.15) is 42.1 Å². The minimum absolute atomic E-state index is 0.0319. The van der Waals surface area contributed by atoms with Crippen LogP contribution >= 0.6 is 0 Å². The minimum atomic E-state index is -0.179. The number of hydrogen-bond acceptors (Lipinski definition) is 2. The molecule has 1 atom stereocenters. The van der Waals surface area contributed by atoms with Crippen molar-refractivity contribution in [1.82, 2.24) is 15.6 Å². The SMILES string of the molecule is CCNC(=NCCc1ccncc1C)NC(C)c1ccc(C)c(F)c1. The van der Waals surface area contributed by atoms with Gasteiger partial charge in [0, 0.05) is 25.5 Å². The molecule has 5 heteroatoms. The Morgan fingerprint density at radius 2 is 2.04 bits per heavy atom. The number of hydrogen-bond donors (Lipinski definition) is 2. The number of nitrogens with zero attached hydrogens (tertiary/aromatic N) is 2. The molecule has 134 valence electrons. The number of aryl methyl sites for hydroxylation is 2. The van der Waals surface area contributed by atoms with Crippen LogP contribution in [0.15, 0.2) is 41.7 Å². The van der Waals surface area contributed by atoms with Crippen LogP contribution in [0.3, 0.4) is 0 Å². The fraction of sp³-hybridized carbons (Fsp3) is 0.400. The van der Waals surface area contributed by atoms with Crippen molar-refractivity contribution in [3.63, 3.8) is 0 Å². The minimum Gasteiger partial charge on any atom is -0.357 e. The van der Waals surface area contributed by atoms with Gasteiger partial charge in [-0.1, -0.05) is 12.1 Å². The summed E-state index contributed by atoms with van der Waals surface area (Å²) < 4.78 is 13.8. The molecule has 2 aromatic rings. The molecule has 2 rings (SSSR count). The van der Waals surface area contributed by atoms with Crippen molar-refractivity contribution in [2.24, 2.45) is 4.99 Å². The summed E-state index contributed by atoms with van der Waals surface area (Å²) in [6, 6.07) is 7.33. The zero-order chi connectivity index (χ0) is 18.2. The van der Waals surface area contributed by atoms with Crippen LogP contribution in [0, 0.1) is 19.7 Å². The lowest BCUT2D eigenvalue weighted by atomic mass is 10.1. The fourth-order valence-corrected chi connectivity index (χ4v) is 2.56. The number of benzene rings is 1. The third-order valence-corrected chi connectivity index (χ3v) is 4.18. The first-order valence-electron chi connectivity index (χ1n) is 8.71. The predicted molar refractivity (Wildman–Crippen MR) is 101 cm³/mol. The molecule has 0 aliphatic carbocycles. The van der Waals surface area contributed by atoms with Crippen LogP contribution in [0.4, 0.5) is 4.39 Å². The van der Waals surface area contributed by atoms with E-state index in [1.165, 1.54) is 11.1 Å². The molecule has 0 saturated carbocycles. The van der Waals surface area contributed by atoms with Gasteiger partial charge in [0.05, 0.1) is 6.04 Å². The first-order valence-corrected chi connectivity index (χ1v) is 8.71. The van der Waals surface area contributed by atoms with Crippen molar-refractivity contribution in [2.75, 3.05) is 13.1 Å². The summed E-state index contributed by atoms with van der Waals surface area (Å²) in [6.45, 7) is 9.31. The lowest BCUT2D eigenvalue weighted by Gasteiger charge is -2.18. The van der Waals surface area contributed by atoms with E-state index < -0.39 is 0 Å². The van der Waals surface area contributed by atoms with Gasteiger partial charge in [0.1, 0.15) is 5.82 Å². The van der Waals surface area contributed by atoms with Gasteiger partial charge in [-0.15, -0.1) is 0 Å². The van der Waals surface area contributed by atoms with Gasteiger partial charge in [0.25, 0.3) is 0 Å². The van der Waals surface area contributed by atoms with E-state index in [0.717, 1.165) is 24.5 Å². The van der Waals surface area contributed by atoms with E-state index in [9.17, 15) is 4.39 Å². The number of rotatable bonds is 6. The Morgan fingerprint density at radius 3 is 2.72 bits per heavy atom. The Kier molecular flexibility index (Phi) is 6.92. The second-order valence-electron chi connectivity index (χ2n) is 6.19. The van der Waals surface area contributed by atoms with Gasteiger partial charge in [0.15, 0.2) is 5.96 Å². The molecule has 4 nitrogen and oxygen atoms in total. The number of halogens is 1. The summed E-state index contributed by atoms with van der Waals surface area (Å²) >= 11 is 0. The number of aromatic nitrogens is 1. The molecule has 1 unspecified atom stereocenters. The average molecular weight is 342 g/mol. The maximum Gasteiger partial charge on any atom is 0.191 e. The molecule has 2 N–H and O–H groups in total. The quantitative estimate of drug-likeness (QED) is 0.622. The van der Waals surface area contributed by atoms with Crippen molar-refractivity contribution in [1.29, 1.82) is 0 Å². The van der Waals surface area contributed by atoms with Crippen molar-refractivity contribution >= 4 is 5.96 Å². The molecule has 1 aromatic carbocycles. The Balaban J connectivity index is 2.01. The van der Waals surface area contributed by atoms with Gasteiger partial charge >= 0.3 is 0 Å². The molecule has 0 aliphatic heterocycles. The van der Waals surface area contributed by atoms with E-state index >= 15 is 0 Å². The monoisotopic (exact) mass is 342 g/mol. The Hall–Kier alpha value is -2.43. The Morgan fingerprint density at radius 1 is 1.24 bits per heavy atom. The van der Waals surface area contributed by atoms with Gasteiger partial charge in [0.2, 0.25) is 0 Å². The molecule has 0 radical (unpaired) electrons. The van der Waals surface area contributed by atoms with Gasteiger partial charge in [-0.25, -0.2) is 4.39 Å². The molecule has 0 amide bonds. The highest BCUT2D eigenvalue weighted by Gasteiger charge is 2.09. The molecule has 25 heavy (non-hydrogen) atoms. The average Bonchev–Trinajstić information content (AvgIpc) is 2.59. The van der Waals surface area contributed by atoms with Crippen LogP contribution in [0.5, 0.6) is 0 Å².